The molecular weight excluding hydrogens is 522 g/mol. The van der Waals surface area contributed by atoms with Gasteiger partial charge in [0.25, 0.3) is 0 Å². The quantitative estimate of drug-likeness (QED) is 0.254. The summed E-state index contributed by atoms with van der Waals surface area (Å²) < 4.78 is 40.5. The molecule has 0 heterocycles. The fraction of sp³-hybridized carbons (Fsp3) is 0.138. The summed E-state index contributed by atoms with van der Waals surface area (Å²) in [5, 5.41) is 13.6. The molecule has 37 heavy (non-hydrogen) atoms. The van der Waals surface area contributed by atoms with Gasteiger partial charge in [-0.3, -0.25) is 0 Å². The number of carboxylic acids is 1. The van der Waals surface area contributed by atoms with Crippen molar-refractivity contribution in [2.45, 2.75) is 26.6 Å². The number of aryl methyl sites for hydroxylation is 2. The number of carbonyl (C=O) groups is 1. The van der Waals surface area contributed by atoms with E-state index in [1.807, 2.05) is 31.2 Å². The summed E-state index contributed by atoms with van der Waals surface area (Å²) in [6, 6.07) is 19.0. The van der Waals surface area contributed by atoms with Crippen molar-refractivity contribution in [3.63, 3.8) is 0 Å². The van der Waals surface area contributed by atoms with Gasteiger partial charge in [0.15, 0.2) is 0 Å². The smallest absolute Gasteiger partial charge is 0.416 e. The van der Waals surface area contributed by atoms with Gasteiger partial charge in [0.2, 0.25) is 0 Å². The van der Waals surface area contributed by atoms with Crippen molar-refractivity contribution in [3.8, 4) is 22.3 Å². The number of hydrogen-bond donors (Lipinski definition) is 2. The molecule has 3 nitrogen and oxygen atoms in total. The molecule has 0 aliphatic heterocycles. The number of halogens is 5. The van der Waals surface area contributed by atoms with Crippen LogP contribution in [0.4, 0.5) is 18.9 Å². The lowest BCUT2D eigenvalue weighted by molar-refractivity contribution is -0.137. The van der Waals surface area contributed by atoms with Crippen molar-refractivity contribution in [1.29, 1.82) is 0 Å². The average Bonchev–Trinajstić information content (AvgIpc) is 2.82. The zero-order chi connectivity index (χ0) is 26.9. The summed E-state index contributed by atoms with van der Waals surface area (Å²) in [6.45, 7) is 3.85. The molecule has 2 N–H and O–H groups in total. The maximum Gasteiger partial charge on any atom is 0.416 e. The summed E-state index contributed by atoms with van der Waals surface area (Å²) in [6.07, 6.45) is -4.52. The molecule has 190 valence electrons. The first-order valence-corrected chi connectivity index (χ1v) is 12.0. The standard InChI is InChI=1S/C29H22Cl2F3NO2/c1-16-11-18(28(36)37)4-8-24(16)26-13-20(29(32,33)34)5-3-19(26)15-35-22-7-10-25(27(31)14-22)23-9-6-21(30)12-17(23)2/h3-14,35H,15H2,1-2H3,(H,36,37). The molecule has 0 fully saturated rings. The second-order valence-electron chi connectivity index (χ2n) is 8.71. The van der Waals surface area contributed by atoms with E-state index < -0.39 is 17.7 Å². The molecule has 0 unspecified atom stereocenters. The third-order valence-electron chi connectivity index (χ3n) is 6.13. The van der Waals surface area contributed by atoms with Crippen molar-refractivity contribution >= 4 is 34.9 Å². The highest BCUT2D eigenvalue weighted by Gasteiger charge is 2.31. The Balaban J connectivity index is 1.66. The highest BCUT2D eigenvalue weighted by atomic mass is 35.5. The van der Waals surface area contributed by atoms with Gasteiger partial charge in [-0.05, 0) is 95.8 Å². The first-order chi connectivity index (χ1) is 17.4. The molecule has 0 saturated heterocycles. The van der Waals surface area contributed by atoms with Gasteiger partial charge in [0.1, 0.15) is 0 Å². The maximum atomic E-state index is 13.5. The van der Waals surface area contributed by atoms with Crippen LogP contribution in [-0.2, 0) is 12.7 Å². The Kier molecular flexibility index (Phi) is 7.53. The van der Waals surface area contributed by atoms with E-state index in [0.717, 1.165) is 28.8 Å². The predicted molar refractivity (Wildman–Crippen MR) is 143 cm³/mol. The zero-order valence-electron chi connectivity index (χ0n) is 19.9. The lowest BCUT2D eigenvalue weighted by atomic mass is 9.92. The van der Waals surface area contributed by atoms with Crippen molar-refractivity contribution in [1.82, 2.24) is 0 Å². The fourth-order valence-corrected chi connectivity index (χ4v) is 4.74. The van der Waals surface area contributed by atoms with Crippen molar-refractivity contribution in [2.75, 3.05) is 5.32 Å². The van der Waals surface area contributed by atoms with E-state index in [-0.39, 0.29) is 12.1 Å². The third-order valence-corrected chi connectivity index (χ3v) is 6.68. The molecule has 0 atom stereocenters. The van der Waals surface area contributed by atoms with Crippen LogP contribution in [0.3, 0.4) is 0 Å². The molecule has 8 heteroatoms. The number of benzene rings is 4. The summed E-state index contributed by atoms with van der Waals surface area (Å²) in [7, 11) is 0. The first-order valence-electron chi connectivity index (χ1n) is 11.3. The van der Waals surface area contributed by atoms with E-state index >= 15 is 0 Å². The minimum Gasteiger partial charge on any atom is -0.478 e. The van der Waals surface area contributed by atoms with Crippen LogP contribution in [0, 0.1) is 13.8 Å². The lowest BCUT2D eigenvalue weighted by Crippen LogP contribution is -2.08. The second kappa shape index (κ2) is 10.5. The molecule has 4 aromatic rings. The van der Waals surface area contributed by atoms with Crippen LogP contribution in [-0.4, -0.2) is 11.1 Å². The molecule has 0 spiro atoms. The summed E-state index contributed by atoms with van der Waals surface area (Å²) in [4.78, 5) is 11.3. The summed E-state index contributed by atoms with van der Waals surface area (Å²) in [5.74, 6) is -1.10. The Morgan fingerprint density at radius 2 is 1.46 bits per heavy atom. The van der Waals surface area contributed by atoms with Crippen LogP contribution >= 0.6 is 23.2 Å². The van der Waals surface area contributed by atoms with Crippen LogP contribution < -0.4 is 5.32 Å². The van der Waals surface area contributed by atoms with Crippen molar-refractivity contribution in [2.24, 2.45) is 0 Å². The van der Waals surface area contributed by atoms with Gasteiger partial charge in [0, 0.05) is 22.8 Å². The van der Waals surface area contributed by atoms with Gasteiger partial charge >= 0.3 is 12.1 Å². The summed E-state index contributed by atoms with van der Waals surface area (Å²) >= 11 is 12.6. The molecule has 0 aromatic heterocycles. The van der Waals surface area contributed by atoms with Gasteiger partial charge in [-0.15, -0.1) is 0 Å². The average molecular weight is 544 g/mol. The van der Waals surface area contributed by atoms with Crippen molar-refractivity contribution in [3.05, 3.63) is 111 Å². The number of alkyl halides is 3. The highest BCUT2D eigenvalue weighted by Crippen LogP contribution is 2.37. The van der Waals surface area contributed by atoms with Gasteiger partial charge in [-0.25, -0.2) is 4.79 Å². The number of aromatic carboxylic acids is 1. The van der Waals surface area contributed by atoms with E-state index in [9.17, 15) is 23.1 Å². The molecule has 0 saturated carbocycles. The SMILES string of the molecule is Cc1cc(Cl)ccc1-c1ccc(NCc2ccc(C(F)(F)F)cc2-c2ccc(C(=O)O)cc2C)cc1Cl. The fourth-order valence-electron chi connectivity index (χ4n) is 4.23. The summed E-state index contributed by atoms with van der Waals surface area (Å²) in [5.41, 5.74) is 4.84. The van der Waals surface area contributed by atoms with Gasteiger partial charge in [-0.2, -0.15) is 13.2 Å². The van der Waals surface area contributed by atoms with Gasteiger partial charge < -0.3 is 10.4 Å². The first kappa shape index (κ1) is 26.6. The van der Waals surface area contributed by atoms with Crippen LogP contribution in [0.25, 0.3) is 22.3 Å². The topological polar surface area (TPSA) is 49.3 Å². The maximum absolute atomic E-state index is 13.5. The van der Waals surface area contributed by atoms with E-state index in [1.54, 1.807) is 19.1 Å². The minimum absolute atomic E-state index is 0.0681. The number of nitrogens with one attached hydrogen (secondary N) is 1. The highest BCUT2D eigenvalue weighted by molar-refractivity contribution is 6.34. The second-order valence-corrected chi connectivity index (χ2v) is 9.56. The van der Waals surface area contributed by atoms with Crippen LogP contribution in [0.15, 0.2) is 72.8 Å². The molecule has 0 aliphatic rings. The number of carboxylic acid groups (broad SMARTS) is 1. The largest absolute Gasteiger partial charge is 0.478 e. The van der Waals surface area contributed by atoms with Crippen molar-refractivity contribution < 1.29 is 23.1 Å². The number of hydrogen-bond acceptors (Lipinski definition) is 2. The molecule has 0 bridgehead atoms. The van der Waals surface area contributed by atoms with E-state index in [4.69, 9.17) is 23.2 Å². The Bertz CT molecular complexity index is 1500. The molecular formula is C29H22Cl2F3NO2. The van der Waals surface area contributed by atoms with Crippen LogP contribution in [0.1, 0.15) is 32.6 Å². The molecule has 4 aromatic carbocycles. The Labute approximate surface area is 222 Å². The normalized spacial score (nSPS) is 11.4. The van der Waals surface area contributed by atoms with Crippen LogP contribution in [0.5, 0.6) is 0 Å². The lowest BCUT2D eigenvalue weighted by Gasteiger charge is -2.17. The monoisotopic (exact) mass is 543 g/mol. The molecule has 0 amide bonds. The van der Waals surface area contributed by atoms with E-state index in [0.29, 0.717) is 38.0 Å². The minimum atomic E-state index is -4.52. The van der Waals surface area contributed by atoms with Gasteiger partial charge in [-0.1, -0.05) is 47.5 Å². The third kappa shape index (κ3) is 5.92. The van der Waals surface area contributed by atoms with E-state index in [1.165, 1.54) is 24.3 Å². The molecule has 0 aliphatic carbocycles. The Morgan fingerprint density at radius 3 is 2.08 bits per heavy atom. The van der Waals surface area contributed by atoms with E-state index in [2.05, 4.69) is 5.32 Å². The zero-order valence-corrected chi connectivity index (χ0v) is 21.4. The molecule has 0 radical (unpaired) electrons. The Hall–Kier alpha value is -3.48. The van der Waals surface area contributed by atoms with Gasteiger partial charge in [0.05, 0.1) is 16.1 Å². The Morgan fingerprint density at radius 1 is 0.811 bits per heavy atom. The molecule has 4 rings (SSSR count). The number of rotatable bonds is 6. The van der Waals surface area contributed by atoms with Crippen LogP contribution in [0.2, 0.25) is 10.0 Å². The predicted octanol–water partition coefficient (Wildman–Crippen LogP) is 9.27. The number of anilines is 1.